The molecule has 42 heavy (non-hydrogen) atoms. The van der Waals surface area contributed by atoms with E-state index < -0.39 is 35.6 Å². The van der Waals surface area contributed by atoms with Gasteiger partial charge in [0.2, 0.25) is 0 Å². The van der Waals surface area contributed by atoms with Crippen molar-refractivity contribution >= 4 is 17.9 Å². The van der Waals surface area contributed by atoms with E-state index in [1.165, 1.54) is 16.9 Å². The molecule has 0 aliphatic rings. The highest BCUT2D eigenvalue weighted by Gasteiger charge is 2.20. The monoisotopic (exact) mass is 571 g/mol. The zero-order valence-electron chi connectivity index (χ0n) is 22.3. The predicted molar refractivity (Wildman–Crippen MR) is 148 cm³/mol. The molecule has 0 saturated carbocycles. The van der Waals surface area contributed by atoms with Crippen molar-refractivity contribution in [1.29, 1.82) is 0 Å². The number of nitrogens with zero attached hydrogens (tertiary/aromatic N) is 4. The molecule has 2 heterocycles. The summed E-state index contributed by atoms with van der Waals surface area (Å²) in [6.07, 6.45) is 1.09. The molecule has 0 saturated heterocycles. The summed E-state index contributed by atoms with van der Waals surface area (Å²) in [7, 11) is 0. The van der Waals surface area contributed by atoms with Crippen molar-refractivity contribution in [2.45, 2.75) is 20.0 Å². The van der Waals surface area contributed by atoms with E-state index in [-0.39, 0.29) is 16.9 Å². The van der Waals surface area contributed by atoms with Crippen molar-refractivity contribution in [2.24, 2.45) is 0 Å². The summed E-state index contributed by atoms with van der Waals surface area (Å²) in [6.45, 7) is 3.43. The molecule has 0 aliphatic carbocycles. The van der Waals surface area contributed by atoms with Crippen LogP contribution in [0.15, 0.2) is 85.2 Å². The van der Waals surface area contributed by atoms with Gasteiger partial charge in [0.1, 0.15) is 23.1 Å². The van der Waals surface area contributed by atoms with Gasteiger partial charge in [0.05, 0.1) is 5.69 Å². The van der Waals surface area contributed by atoms with Crippen molar-refractivity contribution in [3.63, 3.8) is 0 Å². The van der Waals surface area contributed by atoms with Crippen LogP contribution in [0.1, 0.15) is 34.6 Å². The number of carboxylic acids is 1. The minimum absolute atomic E-state index is 0.212. The summed E-state index contributed by atoms with van der Waals surface area (Å²) in [4.78, 5) is 27.7. The van der Waals surface area contributed by atoms with E-state index in [1.807, 2.05) is 30.3 Å². The molecule has 2 aromatic heterocycles. The van der Waals surface area contributed by atoms with Gasteiger partial charge in [-0.1, -0.05) is 47.7 Å². The van der Waals surface area contributed by atoms with Crippen LogP contribution in [0.3, 0.4) is 0 Å². The first-order chi connectivity index (χ1) is 20.2. The third kappa shape index (κ3) is 5.92. The van der Waals surface area contributed by atoms with Crippen LogP contribution in [0, 0.1) is 18.6 Å². The molecule has 1 atom stereocenters. The van der Waals surface area contributed by atoms with Gasteiger partial charge >= 0.3 is 12.1 Å². The van der Waals surface area contributed by atoms with Gasteiger partial charge in [-0.15, -0.1) is 5.10 Å². The summed E-state index contributed by atoms with van der Waals surface area (Å²) < 4.78 is 42.0. The Morgan fingerprint density at radius 3 is 2.33 bits per heavy atom. The molecule has 10 nitrogen and oxygen atoms in total. The van der Waals surface area contributed by atoms with Gasteiger partial charge in [0.25, 0.3) is 0 Å². The number of aromatic nitrogens is 4. The number of halogens is 2. The van der Waals surface area contributed by atoms with Crippen LogP contribution in [-0.2, 0) is 4.74 Å². The number of benzene rings is 3. The number of rotatable bonds is 8. The van der Waals surface area contributed by atoms with Gasteiger partial charge in [-0.2, -0.15) is 4.68 Å². The fraction of sp³-hybridized carbons (Fsp3) is 0.100. The van der Waals surface area contributed by atoms with Crippen molar-refractivity contribution in [3.05, 3.63) is 114 Å². The summed E-state index contributed by atoms with van der Waals surface area (Å²) in [5.74, 6) is -4.10. The Bertz CT molecular complexity index is 1740. The average molecular weight is 572 g/mol. The average Bonchev–Trinajstić information content (AvgIpc) is 3.34. The topological polar surface area (TPSA) is 128 Å². The molecule has 0 unspecified atom stereocenters. The van der Waals surface area contributed by atoms with Crippen LogP contribution in [0.4, 0.5) is 19.4 Å². The van der Waals surface area contributed by atoms with Crippen molar-refractivity contribution < 1.29 is 33.0 Å². The second-order valence-electron chi connectivity index (χ2n) is 9.11. The van der Waals surface area contributed by atoms with Crippen molar-refractivity contribution in [2.75, 3.05) is 5.32 Å². The Hall–Kier alpha value is -5.65. The highest BCUT2D eigenvalue weighted by Crippen LogP contribution is 2.34. The highest BCUT2D eigenvalue weighted by molar-refractivity contribution is 5.90. The summed E-state index contributed by atoms with van der Waals surface area (Å²) >= 11 is 0. The Kier molecular flexibility index (Phi) is 7.87. The lowest BCUT2D eigenvalue weighted by Gasteiger charge is -2.15. The lowest BCUT2D eigenvalue weighted by molar-refractivity contribution is 0.0693. The molecule has 1 amide bonds. The van der Waals surface area contributed by atoms with Crippen LogP contribution in [-0.4, -0.2) is 37.1 Å². The Morgan fingerprint density at radius 2 is 1.67 bits per heavy atom. The predicted octanol–water partition coefficient (Wildman–Crippen LogP) is 6.72. The Balaban J connectivity index is 1.34. The lowest BCUT2D eigenvalue weighted by Crippen LogP contribution is -2.18. The number of nitrogens with one attached hydrogen (secondary N) is 1. The molecule has 0 aliphatic heterocycles. The van der Waals surface area contributed by atoms with E-state index >= 15 is 0 Å². The zero-order chi connectivity index (χ0) is 29.8. The molecular formula is C30H23F2N5O5. The third-order valence-electron chi connectivity index (χ3n) is 6.28. The fourth-order valence-electron chi connectivity index (χ4n) is 4.12. The second-order valence-corrected chi connectivity index (χ2v) is 9.11. The SMILES string of the molecule is Cc1nnn(-c2ccc(-c3cc(F)c(Oc4ccncc4C(=O)O)c(F)c3)cc2)c1NC(=O)O[C@H](C)c1ccccc1. The normalized spacial score (nSPS) is 11.5. The number of pyridine rings is 1. The van der Waals surface area contributed by atoms with E-state index in [0.717, 1.165) is 23.9 Å². The van der Waals surface area contributed by atoms with Crippen molar-refractivity contribution in [1.82, 2.24) is 20.0 Å². The summed E-state index contributed by atoms with van der Waals surface area (Å²) in [5.41, 5.74) is 2.15. The van der Waals surface area contributed by atoms with Gasteiger partial charge in [0.15, 0.2) is 23.2 Å². The smallest absolute Gasteiger partial charge is 0.413 e. The van der Waals surface area contributed by atoms with Crippen molar-refractivity contribution in [3.8, 4) is 28.3 Å². The molecule has 12 heteroatoms. The van der Waals surface area contributed by atoms with Gasteiger partial charge in [-0.25, -0.2) is 18.4 Å². The first-order valence-electron chi connectivity index (χ1n) is 12.6. The van der Waals surface area contributed by atoms with Crippen LogP contribution in [0.2, 0.25) is 0 Å². The quantitative estimate of drug-likeness (QED) is 0.210. The minimum atomic E-state index is -1.35. The maximum Gasteiger partial charge on any atom is 0.413 e. The number of aryl methyl sites for hydroxylation is 1. The second kappa shape index (κ2) is 11.8. The fourth-order valence-corrected chi connectivity index (χ4v) is 4.12. The number of anilines is 1. The van der Waals surface area contributed by atoms with Gasteiger partial charge in [-0.05, 0) is 54.8 Å². The highest BCUT2D eigenvalue weighted by atomic mass is 19.1. The molecule has 0 spiro atoms. The molecule has 0 bridgehead atoms. The van der Waals surface area contributed by atoms with Crippen LogP contribution in [0.5, 0.6) is 11.5 Å². The van der Waals surface area contributed by atoms with Gasteiger partial charge in [0, 0.05) is 18.5 Å². The summed E-state index contributed by atoms with van der Waals surface area (Å²) in [5, 5.41) is 20.1. The number of carbonyl (C=O) groups is 2. The number of ether oxygens (including phenoxy) is 2. The number of carboxylic acid groups (broad SMARTS) is 1. The van der Waals surface area contributed by atoms with Crippen LogP contribution in [0.25, 0.3) is 16.8 Å². The molecule has 3 aromatic carbocycles. The first-order valence-corrected chi connectivity index (χ1v) is 12.6. The molecule has 0 fully saturated rings. The van der Waals surface area contributed by atoms with E-state index in [4.69, 9.17) is 9.47 Å². The maximum atomic E-state index is 14.9. The number of aromatic carboxylic acids is 1. The van der Waals surface area contributed by atoms with E-state index in [1.54, 1.807) is 38.1 Å². The van der Waals surface area contributed by atoms with Gasteiger partial charge in [-0.3, -0.25) is 10.3 Å². The summed E-state index contributed by atoms with van der Waals surface area (Å²) in [6, 6.07) is 19.1. The molecular weight excluding hydrogens is 548 g/mol. The molecule has 0 radical (unpaired) electrons. The van der Waals surface area contributed by atoms with E-state index in [9.17, 15) is 23.5 Å². The van der Waals surface area contributed by atoms with Crippen LogP contribution >= 0.6 is 0 Å². The molecule has 5 rings (SSSR count). The first kappa shape index (κ1) is 27.9. The van der Waals surface area contributed by atoms with E-state index in [0.29, 0.717) is 22.8 Å². The lowest BCUT2D eigenvalue weighted by atomic mass is 10.0. The largest absolute Gasteiger partial charge is 0.477 e. The van der Waals surface area contributed by atoms with Gasteiger partial charge < -0.3 is 14.6 Å². The Morgan fingerprint density at radius 1 is 0.976 bits per heavy atom. The number of hydrogen-bond donors (Lipinski definition) is 2. The zero-order valence-corrected chi connectivity index (χ0v) is 22.3. The molecule has 5 aromatic rings. The van der Waals surface area contributed by atoms with E-state index in [2.05, 4.69) is 20.6 Å². The molecule has 212 valence electrons. The number of carbonyl (C=O) groups excluding carboxylic acids is 1. The molecule has 2 N–H and O–H groups in total. The third-order valence-corrected chi connectivity index (χ3v) is 6.28. The number of amides is 1. The minimum Gasteiger partial charge on any atom is -0.477 e. The maximum absolute atomic E-state index is 14.9. The Labute approximate surface area is 238 Å². The van der Waals surface area contributed by atoms with Crippen LogP contribution < -0.4 is 10.1 Å². The number of hydrogen-bond acceptors (Lipinski definition) is 7. The standard InChI is InChI=1S/C30H23F2N5O5/c1-17-28(34-30(40)41-18(2)19-6-4-3-5-7-19)37(36-35-17)22-10-8-20(9-11-22)21-14-24(31)27(25(32)15-21)42-26-12-13-33-16-23(26)29(38)39/h3-16,18H,1-2H3,(H,34,40)(H,38,39)/t18-/m1/s1.